The van der Waals surface area contributed by atoms with Crippen molar-refractivity contribution in [1.82, 2.24) is 0 Å². The van der Waals surface area contributed by atoms with Gasteiger partial charge in [-0.3, -0.25) is 0 Å². The molecule has 0 aromatic rings. The van der Waals surface area contributed by atoms with Crippen LogP contribution in [0.5, 0.6) is 0 Å². The van der Waals surface area contributed by atoms with Crippen LogP contribution >= 0.6 is 0 Å². The van der Waals surface area contributed by atoms with Crippen LogP contribution in [0.25, 0.3) is 0 Å². The lowest BCUT2D eigenvalue weighted by atomic mass is 9.99. The molecular weight excluding hydrogens is 128 g/mol. The van der Waals surface area contributed by atoms with Crippen LogP contribution in [-0.2, 0) is 4.84 Å². The number of hydrogen-bond donors (Lipinski definition) is 1. The molecule has 0 aromatic carbocycles. The molecule has 0 bridgehead atoms. The topological polar surface area (TPSA) is 47.6 Å². The highest BCUT2D eigenvalue weighted by atomic mass is 16.7. The Balaban J connectivity index is 2.49. The minimum atomic E-state index is -0.217. The van der Waals surface area contributed by atoms with Gasteiger partial charge in [-0.05, 0) is 13.3 Å². The first-order valence-electron chi connectivity index (χ1n) is 3.64. The van der Waals surface area contributed by atoms with Crippen molar-refractivity contribution in [2.45, 2.75) is 32.3 Å². The first-order chi connectivity index (χ1) is 4.70. The Morgan fingerprint density at radius 2 is 2.50 bits per heavy atom. The predicted molar refractivity (Wildman–Crippen MR) is 40.9 cm³/mol. The lowest BCUT2D eigenvalue weighted by Crippen LogP contribution is -2.34. The van der Waals surface area contributed by atoms with E-state index in [9.17, 15) is 0 Å². The van der Waals surface area contributed by atoms with E-state index in [0.717, 1.165) is 18.6 Å². The molecule has 1 aliphatic rings. The zero-order valence-electron chi connectivity index (χ0n) is 6.55. The van der Waals surface area contributed by atoms with Crippen molar-refractivity contribution in [3.05, 3.63) is 0 Å². The molecule has 3 heteroatoms. The van der Waals surface area contributed by atoms with Gasteiger partial charge >= 0.3 is 0 Å². The summed E-state index contributed by atoms with van der Waals surface area (Å²) in [5.74, 6) is 0. The molecule has 0 aliphatic carbocycles. The Kier molecular flexibility index (Phi) is 1.94. The molecular formula is C7H14N2O. The van der Waals surface area contributed by atoms with Gasteiger partial charge in [0.15, 0.2) is 5.60 Å². The molecule has 0 spiro atoms. The maximum Gasteiger partial charge on any atom is 0.152 e. The summed E-state index contributed by atoms with van der Waals surface area (Å²) in [6.45, 7) is 4.60. The average molecular weight is 142 g/mol. The molecule has 0 saturated heterocycles. The Hall–Kier alpha value is -0.570. The third-order valence-electron chi connectivity index (χ3n) is 1.81. The molecule has 1 atom stereocenters. The highest BCUT2D eigenvalue weighted by Gasteiger charge is 2.31. The molecule has 0 radical (unpaired) electrons. The highest BCUT2D eigenvalue weighted by Crippen LogP contribution is 2.22. The zero-order valence-corrected chi connectivity index (χ0v) is 6.55. The molecule has 0 fully saturated rings. The summed E-state index contributed by atoms with van der Waals surface area (Å²) in [5, 5.41) is 3.91. The summed E-state index contributed by atoms with van der Waals surface area (Å²) in [5.41, 5.74) is 6.39. The minimum Gasteiger partial charge on any atom is -0.388 e. The maximum atomic E-state index is 5.49. The summed E-state index contributed by atoms with van der Waals surface area (Å²) in [4.78, 5) is 5.16. The van der Waals surface area contributed by atoms with Gasteiger partial charge in [-0.2, -0.15) is 0 Å². The van der Waals surface area contributed by atoms with E-state index in [1.807, 2.05) is 6.92 Å². The molecule has 1 aliphatic heterocycles. The predicted octanol–water partition coefficient (Wildman–Crippen LogP) is 0.890. The molecule has 0 amide bonds. The normalized spacial score (nSPS) is 31.7. The third kappa shape index (κ3) is 1.29. The number of rotatable bonds is 2. The lowest BCUT2D eigenvalue weighted by Gasteiger charge is -2.17. The van der Waals surface area contributed by atoms with Gasteiger partial charge in [0.25, 0.3) is 0 Å². The highest BCUT2D eigenvalue weighted by molar-refractivity contribution is 5.85. The first kappa shape index (κ1) is 7.54. The summed E-state index contributed by atoms with van der Waals surface area (Å²) < 4.78 is 0. The Morgan fingerprint density at radius 3 is 2.80 bits per heavy atom. The maximum absolute atomic E-state index is 5.49. The third-order valence-corrected chi connectivity index (χ3v) is 1.81. The van der Waals surface area contributed by atoms with Crippen molar-refractivity contribution < 1.29 is 4.84 Å². The van der Waals surface area contributed by atoms with E-state index in [-0.39, 0.29) is 5.60 Å². The second-order valence-corrected chi connectivity index (χ2v) is 2.93. The van der Waals surface area contributed by atoms with Gasteiger partial charge in [-0.1, -0.05) is 12.1 Å². The van der Waals surface area contributed by atoms with E-state index in [1.165, 1.54) is 0 Å². The van der Waals surface area contributed by atoms with E-state index in [4.69, 9.17) is 10.6 Å². The van der Waals surface area contributed by atoms with E-state index in [0.29, 0.717) is 6.54 Å². The zero-order chi connectivity index (χ0) is 7.61. The van der Waals surface area contributed by atoms with Crippen LogP contribution in [0, 0.1) is 0 Å². The number of nitrogens with zero attached hydrogens (tertiary/aromatic N) is 1. The molecule has 1 rings (SSSR count). The largest absolute Gasteiger partial charge is 0.388 e. The van der Waals surface area contributed by atoms with E-state index in [1.54, 1.807) is 0 Å². The van der Waals surface area contributed by atoms with Crippen LogP contribution < -0.4 is 5.73 Å². The number of hydrogen-bond acceptors (Lipinski definition) is 3. The van der Waals surface area contributed by atoms with Crippen molar-refractivity contribution in [3.8, 4) is 0 Å². The quantitative estimate of drug-likeness (QED) is 0.622. The van der Waals surface area contributed by atoms with Gasteiger partial charge in [0.1, 0.15) is 0 Å². The van der Waals surface area contributed by atoms with Crippen LogP contribution in [0.1, 0.15) is 26.7 Å². The summed E-state index contributed by atoms with van der Waals surface area (Å²) in [6.07, 6.45) is 1.86. The summed E-state index contributed by atoms with van der Waals surface area (Å²) in [7, 11) is 0. The van der Waals surface area contributed by atoms with Gasteiger partial charge in [0.05, 0.1) is 5.71 Å². The molecule has 3 nitrogen and oxygen atoms in total. The van der Waals surface area contributed by atoms with E-state index < -0.39 is 0 Å². The number of nitrogens with two attached hydrogens (primary N) is 1. The molecule has 2 N–H and O–H groups in total. The molecule has 0 saturated carbocycles. The van der Waals surface area contributed by atoms with Crippen molar-refractivity contribution in [3.63, 3.8) is 0 Å². The van der Waals surface area contributed by atoms with E-state index in [2.05, 4.69) is 12.1 Å². The molecule has 1 heterocycles. The fourth-order valence-electron chi connectivity index (χ4n) is 0.970. The second kappa shape index (κ2) is 2.58. The molecule has 0 unspecified atom stereocenters. The van der Waals surface area contributed by atoms with Crippen LogP contribution in [0.4, 0.5) is 0 Å². The second-order valence-electron chi connectivity index (χ2n) is 2.93. The van der Waals surface area contributed by atoms with Crippen molar-refractivity contribution in [2.75, 3.05) is 6.54 Å². The van der Waals surface area contributed by atoms with Gasteiger partial charge in [-0.25, -0.2) is 0 Å². The summed E-state index contributed by atoms with van der Waals surface area (Å²) in [6, 6.07) is 0. The smallest absolute Gasteiger partial charge is 0.152 e. The Bertz CT molecular complexity index is 156. The van der Waals surface area contributed by atoms with Crippen LogP contribution in [-0.4, -0.2) is 17.9 Å². The van der Waals surface area contributed by atoms with Crippen molar-refractivity contribution in [2.24, 2.45) is 10.9 Å². The Morgan fingerprint density at radius 1 is 1.80 bits per heavy atom. The van der Waals surface area contributed by atoms with Crippen LogP contribution in [0.2, 0.25) is 0 Å². The van der Waals surface area contributed by atoms with Gasteiger partial charge < -0.3 is 10.6 Å². The monoisotopic (exact) mass is 142 g/mol. The lowest BCUT2D eigenvalue weighted by molar-refractivity contribution is 0.00421. The van der Waals surface area contributed by atoms with Gasteiger partial charge in [-0.15, -0.1) is 0 Å². The van der Waals surface area contributed by atoms with Crippen LogP contribution in [0.3, 0.4) is 0 Å². The van der Waals surface area contributed by atoms with Crippen LogP contribution in [0.15, 0.2) is 5.16 Å². The number of oxime groups is 1. The molecule has 10 heavy (non-hydrogen) atoms. The van der Waals surface area contributed by atoms with Gasteiger partial charge in [0.2, 0.25) is 0 Å². The van der Waals surface area contributed by atoms with Gasteiger partial charge in [0, 0.05) is 13.0 Å². The average Bonchev–Trinajstić information content (AvgIpc) is 2.33. The minimum absolute atomic E-state index is 0.217. The fourth-order valence-corrected chi connectivity index (χ4v) is 0.970. The van der Waals surface area contributed by atoms with Crippen molar-refractivity contribution in [1.29, 1.82) is 0 Å². The SMILES string of the molecule is CCC1=NO[C@](C)(CN)C1. The van der Waals surface area contributed by atoms with E-state index >= 15 is 0 Å². The first-order valence-corrected chi connectivity index (χ1v) is 3.64. The standard InChI is InChI=1S/C7H14N2O/c1-3-6-4-7(2,5-8)10-9-6/h3-5,8H2,1-2H3/t7-/m0/s1. The Labute approximate surface area is 61.2 Å². The fraction of sp³-hybridized carbons (Fsp3) is 0.857. The summed E-state index contributed by atoms with van der Waals surface area (Å²) >= 11 is 0. The molecule has 58 valence electrons. The van der Waals surface area contributed by atoms with Crippen molar-refractivity contribution >= 4 is 5.71 Å². The molecule has 0 aromatic heterocycles.